The summed E-state index contributed by atoms with van der Waals surface area (Å²) in [5, 5.41) is 2.62. The van der Waals surface area contributed by atoms with Gasteiger partial charge in [-0.05, 0) is 25.1 Å². The summed E-state index contributed by atoms with van der Waals surface area (Å²) >= 11 is 0. The molecule has 144 valence electrons. The number of rotatable bonds is 4. The van der Waals surface area contributed by atoms with Crippen molar-refractivity contribution in [2.75, 3.05) is 43.0 Å². The minimum Gasteiger partial charge on any atom is -0.450 e. The van der Waals surface area contributed by atoms with E-state index in [0.29, 0.717) is 38.7 Å². The van der Waals surface area contributed by atoms with E-state index in [2.05, 4.69) is 15.3 Å². The molecule has 1 aromatic heterocycles. The third-order valence-electron chi connectivity index (χ3n) is 4.03. The maximum absolute atomic E-state index is 13.8. The maximum Gasteiger partial charge on any atom is 0.409 e. The highest BCUT2D eigenvalue weighted by Crippen LogP contribution is 2.23. The molecular weight excluding hydrogens is 363 g/mol. The van der Waals surface area contributed by atoms with Gasteiger partial charge in [-0.25, -0.2) is 22.9 Å². The second-order valence-electron chi connectivity index (χ2n) is 5.76. The molecule has 0 aliphatic carbocycles. The normalized spacial score (nSPS) is 14.2. The van der Waals surface area contributed by atoms with Crippen molar-refractivity contribution in [1.29, 1.82) is 0 Å². The molecule has 1 N–H and O–H groups in total. The third kappa shape index (κ3) is 4.21. The number of piperazine rings is 1. The molecule has 1 aliphatic heterocycles. The van der Waals surface area contributed by atoms with E-state index in [1.54, 1.807) is 11.8 Å². The lowest BCUT2D eigenvalue weighted by molar-refractivity contribution is 0.105. The minimum absolute atomic E-state index is 0.231. The monoisotopic (exact) mass is 381 g/mol. The second kappa shape index (κ2) is 8.11. The molecule has 3 rings (SSSR count). The van der Waals surface area contributed by atoms with Crippen LogP contribution in [0.1, 0.15) is 6.92 Å². The van der Waals surface area contributed by atoms with Crippen LogP contribution in [0.25, 0.3) is 0 Å². The molecule has 0 spiro atoms. The molecule has 0 unspecified atom stereocenters. The summed E-state index contributed by atoms with van der Waals surface area (Å²) in [7, 11) is 0. The van der Waals surface area contributed by atoms with Gasteiger partial charge in [0.15, 0.2) is 17.5 Å². The van der Waals surface area contributed by atoms with Gasteiger partial charge in [0.1, 0.15) is 5.82 Å². The zero-order chi connectivity index (χ0) is 19.4. The quantitative estimate of drug-likeness (QED) is 0.822. The summed E-state index contributed by atoms with van der Waals surface area (Å²) in [6.45, 7) is 3.98. The minimum atomic E-state index is -1.55. The van der Waals surface area contributed by atoms with Crippen LogP contribution < -0.4 is 10.2 Å². The highest BCUT2D eigenvalue weighted by atomic mass is 19.2. The Bertz CT molecular complexity index is 828. The Balaban J connectivity index is 1.68. The van der Waals surface area contributed by atoms with Gasteiger partial charge >= 0.3 is 6.09 Å². The Labute approximate surface area is 153 Å². The van der Waals surface area contributed by atoms with Crippen molar-refractivity contribution in [2.24, 2.45) is 0 Å². The number of halogens is 3. The fraction of sp³-hybridized carbons (Fsp3) is 0.353. The Morgan fingerprint density at radius 1 is 1.15 bits per heavy atom. The Morgan fingerprint density at radius 3 is 2.59 bits per heavy atom. The molecule has 0 bridgehead atoms. The van der Waals surface area contributed by atoms with Crippen LogP contribution >= 0.6 is 0 Å². The predicted molar refractivity (Wildman–Crippen MR) is 92.4 cm³/mol. The van der Waals surface area contributed by atoms with Crippen molar-refractivity contribution in [2.45, 2.75) is 6.92 Å². The highest BCUT2D eigenvalue weighted by Gasteiger charge is 2.23. The summed E-state index contributed by atoms with van der Waals surface area (Å²) in [5.41, 5.74) is -0.231. The summed E-state index contributed by atoms with van der Waals surface area (Å²) in [5.74, 6) is -3.52. The van der Waals surface area contributed by atoms with E-state index in [1.807, 2.05) is 4.90 Å². The number of nitrogens with zero attached hydrogens (tertiary/aromatic N) is 4. The molecular formula is C17H18F3N5O2. The van der Waals surface area contributed by atoms with E-state index in [1.165, 1.54) is 12.3 Å². The molecule has 2 heterocycles. The van der Waals surface area contributed by atoms with Crippen LogP contribution in [0.4, 0.5) is 35.4 Å². The van der Waals surface area contributed by atoms with Crippen molar-refractivity contribution < 1.29 is 22.7 Å². The molecule has 1 fully saturated rings. The number of benzene rings is 1. The number of carbonyl (C=O) groups excluding carboxylic acids is 1. The summed E-state index contributed by atoms with van der Waals surface area (Å²) < 4.78 is 45.2. The Morgan fingerprint density at radius 2 is 1.89 bits per heavy atom. The van der Waals surface area contributed by atoms with E-state index in [0.717, 1.165) is 12.1 Å². The van der Waals surface area contributed by atoms with Crippen LogP contribution in [0, 0.1) is 17.5 Å². The lowest BCUT2D eigenvalue weighted by atomic mass is 10.3. The molecule has 10 heteroatoms. The first-order valence-corrected chi connectivity index (χ1v) is 8.39. The van der Waals surface area contributed by atoms with Gasteiger partial charge in [-0.3, -0.25) is 0 Å². The second-order valence-corrected chi connectivity index (χ2v) is 5.76. The first-order chi connectivity index (χ1) is 13.0. The highest BCUT2D eigenvalue weighted by molar-refractivity contribution is 5.68. The maximum atomic E-state index is 13.8. The van der Waals surface area contributed by atoms with E-state index >= 15 is 0 Å². The van der Waals surface area contributed by atoms with Crippen molar-refractivity contribution in [1.82, 2.24) is 14.9 Å². The van der Waals surface area contributed by atoms with E-state index in [9.17, 15) is 18.0 Å². The molecule has 27 heavy (non-hydrogen) atoms. The standard InChI is InChI=1S/C17H18F3N5O2/c1-2-27-17(26)25-9-7-24(8-10-25)16-21-6-5-13(23-16)22-12-4-3-11(18)14(19)15(12)20/h3-6H,2,7-10H2,1H3,(H,21,22,23). The van der Waals surface area contributed by atoms with Gasteiger partial charge in [0.25, 0.3) is 0 Å². The van der Waals surface area contributed by atoms with Crippen LogP contribution in [-0.4, -0.2) is 53.7 Å². The van der Waals surface area contributed by atoms with Gasteiger partial charge in [0.05, 0.1) is 12.3 Å². The topological polar surface area (TPSA) is 70.6 Å². The average Bonchev–Trinajstić information content (AvgIpc) is 2.69. The number of hydrogen-bond acceptors (Lipinski definition) is 6. The van der Waals surface area contributed by atoms with Crippen LogP contribution in [0.2, 0.25) is 0 Å². The summed E-state index contributed by atoms with van der Waals surface area (Å²) in [6.07, 6.45) is 1.11. The van der Waals surface area contributed by atoms with Crippen molar-refractivity contribution in [3.05, 3.63) is 41.8 Å². The van der Waals surface area contributed by atoms with Crippen molar-refractivity contribution in [3.63, 3.8) is 0 Å². The largest absolute Gasteiger partial charge is 0.450 e. The number of ether oxygens (including phenoxy) is 1. The van der Waals surface area contributed by atoms with E-state index in [4.69, 9.17) is 4.74 Å². The summed E-state index contributed by atoms with van der Waals surface area (Å²) in [4.78, 5) is 23.6. The fourth-order valence-electron chi connectivity index (χ4n) is 2.63. The van der Waals surface area contributed by atoms with Gasteiger partial charge in [0.2, 0.25) is 5.95 Å². The average molecular weight is 381 g/mol. The van der Waals surface area contributed by atoms with Crippen molar-refractivity contribution >= 4 is 23.5 Å². The fourth-order valence-corrected chi connectivity index (χ4v) is 2.63. The molecule has 0 atom stereocenters. The van der Waals surface area contributed by atoms with Gasteiger partial charge < -0.3 is 19.9 Å². The Kier molecular flexibility index (Phi) is 5.63. The third-order valence-corrected chi connectivity index (χ3v) is 4.03. The zero-order valence-electron chi connectivity index (χ0n) is 14.6. The first kappa shape index (κ1) is 18.7. The number of hydrogen-bond donors (Lipinski definition) is 1. The molecule has 0 saturated carbocycles. The Hall–Kier alpha value is -3.04. The van der Waals surface area contributed by atoms with Crippen molar-refractivity contribution in [3.8, 4) is 0 Å². The molecule has 1 saturated heterocycles. The van der Waals surface area contributed by atoms with Gasteiger partial charge in [-0.15, -0.1) is 0 Å². The molecule has 7 nitrogen and oxygen atoms in total. The number of nitrogens with one attached hydrogen (secondary N) is 1. The number of amides is 1. The first-order valence-electron chi connectivity index (χ1n) is 8.39. The van der Waals surface area contributed by atoms with Gasteiger partial charge in [0, 0.05) is 32.4 Å². The molecule has 1 aliphatic rings. The zero-order valence-corrected chi connectivity index (χ0v) is 14.6. The summed E-state index contributed by atoms with van der Waals surface area (Å²) in [6, 6.07) is 3.41. The van der Waals surface area contributed by atoms with Gasteiger partial charge in [-0.1, -0.05) is 0 Å². The lowest BCUT2D eigenvalue weighted by Gasteiger charge is -2.34. The van der Waals surface area contributed by atoms with Crippen LogP contribution in [-0.2, 0) is 4.74 Å². The van der Waals surface area contributed by atoms with Crippen LogP contribution in [0.3, 0.4) is 0 Å². The molecule has 0 radical (unpaired) electrons. The number of aromatic nitrogens is 2. The smallest absolute Gasteiger partial charge is 0.409 e. The van der Waals surface area contributed by atoms with Crippen LogP contribution in [0.15, 0.2) is 24.4 Å². The van der Waals surface area contributed by atoms with Gasteiger partial charge in [-0.2, -0.15) is 4.98 Å². The van der Waals surface area contributed by atoms with E-state index in [-0.39, 0.29) is 17.6 Å². The number of anilines is 3. The molecule has 1 aromatic carbocycles. The SMILES string of the molecule is CCOC(=O)N1CCN(c2nccc(Nc3ccc(F)c(F)c3F)n2)CC1. The lowest BCUT2D eigenvalue weighted by Crippen LogP contribution is -2.49. The molecule has 1 amide bonds. The van der Waals surface area contributed by atoms with Crippen LogP contribution in [0.5, 0.6) is 0 Å². The van der Waals surface area contributed by atoms with E-state index < -0.39 is 17.5 Å². The predicted octanol–water partition coefficient (Wildman–Crippen LogP) is 2.92. The molecule has 2 aromatic rings. The number of carbonyl (C=O) groups is 1.